The first-order valence-corrected chi connectivity index (χ1v) is 22.3. The molecule has 1 aliphatic heterocycles. The zero-order chi connectivity index (χ0) is 42.2. The minimum Gasteiger partial charge on any atom is -0.457 e. The van der Waals surface area contributed by atoms with Gasteiger partial charge in [0.15, 0.2) is 0 Å². The molecular weight excluding hydrogens is 763 g/mol. The average Bonchev–Trinajstić information content (AvgIpc) is 3.83. The van der Waals surface area contributed by atoms with E-state index in [0.29, 0.717) is 0 Å². The van der Waals surface area contributed by atoms with Gasteiger partial charge in [-0.2, -0.15) is 0 Å². The number of benzene rings is 9. The molecule has 63 heavy (non-hydrogen) atoms. The fraction of sp³-hybridized carbons (Fsp3) is 0.115. The van der Waals surface area contributed by atoms with E-state index in [9.17, 15) is 0 Å². The van der Waals surface area contributed by atoms with Gasteiger partial charge in [0, 0.05) is 39.0 Å². The second-order valence-corrected chi connectivity index (χ2v) is 18.8. The van der Waals surface area contributed by atoms with Crippen molar-refractivity contribution in [3.63, 3.8) is 0 Å². The minimum atomic E-state index is -0.616. The maximum Gasteiger partial charge on any atom is 0.132 e. The predicted molar refractivity (Wildman–Crippen MR) is 259 cm³/mol. The first kappa shape index (κ1) is 36.3. The molecule has 0 atom stereocenters. The molecule has 0 saturated carbocycles. The van der Waals surface area contributed by atoms with E-state index in [1.807, 2.05) is 0 Å². The van der Waals surface area contributed by atoms with Crippen molar-refractivity contribution >= 4 is 17.1 Å². The van der Waals surface area contributed by atoms with Crippen LogP contribution in [0.15, 0.2) is 200 Å². The quantitative estimate of drug-likeness (QED) is 0.176. The predicted octanol–water partition coefficient (Wildman–Crippen LogP) is 15.9. The molecule has 0 fully saturated rings. The van der Waals surface area contributed by atoms with Crippen molar-refractivity contribution in [2.24, 2.45) is 0 Å². The van der Waals surface area contributed by atoms with E-state index in [1.165, 1.54) is 77.9 Å². The summed E-state index contributed by atoms with van der Waals surface area (Å²) >= 11 is 0. The minimum absolute atomic E-state index is 0.0905. The van der Waals surface area contributed by atoms with Crippen LogP contribution < -0.4 is 9.64 Å². The number of hydrogen-bond donors (Lipinski definition) is 0. The standard InChI is InChI=1S/C61H45NO/c1-59(2)50-21-11-9-19-44(50)48-35-40(29-33-51(48)59)62(41-27-30-45-43-18-8-10-20-49(43)60(3,4)55(45)36-41)42-28-31-46-47-34-39(38-16-6-5-7-17-38)26-32-52(47)61(56(46)37-42)53-22-12-14-24-57(53)63-58-25-15-13-23-54(58)61/h5-37H,1-4H3. The van der Waals surface area contributed by atoms with Crippen LogP contribution >= 0.6 is 0 Å². The van der Waals surface area contributed by atoms with Crippen molar-refractivity contribution in [2.75, 3.05) is 4.90 Å². The Morgan fingerprint density at radius 3 is 1.41 bits per heavy atom. The summed E-state index contributed by atoms with van der Waals surface area (Å²) in [5, 5.41) is 0. The first-order chi connectivity index (χ1) is 30.7. The molecule has 9 aromatic carbocycles. The van der Waals surface area contributed by atoms with Crippen LogP contribution in [0.25, 0.3) is 44.5 Å². The van der Waals surface area contributed by atoms with Gasteiger partial charge in [0.1, 0.15) is 11.5 Å². The van der Waals surface area contributed by atoms with Crippen molar-refractivity contribution in [1.82, 2.24) is 0 Å². The van der Waals surface area contributed by atoms with Gasteiger partial charge >= 0.3 is 0 Å². The normalized spacial score (nSPS) is 15.5. The Bertz CT molecular complexity index is 3340. The summed E-state index contributed by atoms with van der Waals surface area (Å²) in [4.78, 5) is 2.51. The summed E-state index contributed by atoms with van der Waals surface area (Å²) in [6.07, 6.45) is 0. The molecule has 300 valence electrons. The molecule has 0 aromatic heterocycles. The van der Waals surface area contributed by atoms with Crippen LogP contribution in [-0.2, 0) is 16.2 Å². The highest BCUT2D eigenvalue weighted by atomic mass is 16.5. The second kappa shape index (κ2) is 12.8. The SMILES string of the molecule is CC1(C)c2ccccc2-c2cc(N(c3ccc4c(c3)C(C)(C)c3ccccc3-4)c3ccc4c(c3)C3(c5ccccc5Oc5ccccc53)c3ccc(-c5ccccc5)cc3-4)ccc21. The summed E-state index contributed by atoms with van der Waals surface area (Å²) in [5.74, 6) is 1.79. The van der Waals surface area contributed by atoms with E-state index in [0.717, 1.165) is 39.7 Å². The topological polar surface area (TPSA) is 12.5 Å². The van der Waals surface area contributed by atoms with Gasteiger partial charge in [0.2, 0.25) is 0 Å². The van der Waals surface area contributed by atoms with Crippen LogP contribution in [0.5, 0.6) is 11.5 Å². The maximum absolute atomic E-state index is 6.77. The van der Waals surface area contributed by atoms with Crippen LogP contribution in [0.3, 0.4) is 0 Å². The zero-order valence-electron chi connectivity index (χ0n) is 35.9. The fourth-order valence-corrected chi connectivity index (χ4v) is 12.0. The number of nitrogens with zero attached hydrogens (tertiary/aromatic N) is 1. The van der Waals surface area contributed by atoms with Crippen LogP contribution in [-0.4, -0.2) is 0 Å². The van der Waals surface area contributed by atoms with Crippen LogP contribution in [0.4, 0.5) is 17.1 Å². The molecule has 13 rings (SSSR count). The lowest BCUT2D eigenvalue weighted by atomic mass is 9.66. The van der Waals surface area contributed by atoms with Gasteiger partial charge in [-0.05, 0) is 132 Å². The molecule has 1 spiro atoms. The summed E-state index contributed by atoms with van der Waals surface area (Å²) in [7, 11) is 0. The van der Waals surface area contributed by atoms with Crippen LogP contribution in [0, 0.1) is 0 Å². The molecule has 4 aliphatic rings. The number of fused-ring (bicyclic) bond motifs is 15. The molecule has 9 aromatic rings. The monoisotopic (exact) mass is 807 g/mol. The van der Waals surface area contributed by atoms with Crippen molar-refractivity contribution in [1.29, 1.82) is 0 Å². The number of rotatable bonds is 4. The molecule has 1 heterocycles. The lowest BCUT2D eigenvalue weighted by Gasteiger charge is -2.39. The Morgan fingerprint density at radius 1 is 0.302 bits per heavy atom. The molecular formula is C61H45NO. The number of ether oxygens (including phenoxy) is 1. The molecule has 2 heteroatoms. The lowest BCUT2D eigenvalue weighted by Crippen LogP contribution is -2.32. The van der Waals surface area contributed by atoms with Gasteiger partial charge in [0.05, 0.1) is 5.41 Å². The maximum atomic E-state index is 6.77. The first-order valence-electron chi connectivity index (χ1n) is 22.3. The van der Waals surface area contributed by atoms with Gasteiger partial charge in [-0.1, -0.05) is 173 Å². The molecule has 3 aliphatic carbocycles. The Hall–Kier alpha value is -7.42. The molecule has 0 unspecified atom stereocenters. The molecule has 0 bridgehead atoms. The second-order valence-electron chi connectivity index (χ2n) is 18.8. The van der Waals surface area contributed by atoms with Gasteiger partial charge in [-0.25, -0.2) is 0 Å². The number of anilines is 3. The molecule has 0 amide bonds. The third-order valence-electron chi connectivity index (χ3n) is 14.9. The fourth-order valence-electron chi connectivity index (χ4n) is 12.0. The molecule has 0 radical (unpaired) electrons. The third-order valence-corrected chi connectivity index (χ3v) is 14.9. The van der Waals surface area contributed by atoms with E-state index < -0.39 is 5.41 Å². The number of hydrogen-bond acceptors (Lipinski definition) is 2. The summed E-state index contributed by atoms with van der Waals surface area (Å²) in [6, 6.07) is 74.7. The summed E-state index contributed by atoms with van der Waals surface area (Å²) < 4.78 is 6.77. The van der Waals surface area contributed by atoms with Crippen molar-refractivity contribution in [3.05, 3.63) is 245 Å². The largest absolute Gasteiger partial charge is 0.457 e. The summed E-state index contributed by atoms with van der Waals surface area (Å²) in [6.45, 7) is 9.47. The number of para-hydroxylation sites is 2. The van der Waals surface area contributed by atoms with Crippen LogP contribution in [0.2, 0.25) is 0 Å². The van der Waals surface area contributed by atoms with E-state index in [2.05, 4.69) is 233 Å². The Morgan fingerprint density at radius 2 is 0.746 bits per heavy atom. The van der Waals surface area contributed by atoms with Gasteiger partial charge < -0.3 is 9.64 Å². The Labute approximate surface area is 369 Å². The highest BCUT2D eigenvalue weighted by Crippen LogP contribution is 2.63. The van der Waals surface area contributed by atoms with E-state index in [4.69, 9.17) is 4.74 Å². The Kier molecular flexibility index (Phi) is 7.37. The van der Waals surface area contributed by atoms with E-state index in [-0.39, 0.29) is 10.8 Å². The van der Waals surface area contributed by atoms with Gasteiger partial charge in [-0.15, -0.1) is 0 Å². The van der Waals surface area contributed by atoms with E-state index in [1.54, 1.807) is 0 Å². The highest BCUT2D eigenvalue weighted by Gasteiger charge is 2.51. The van der Waals surface area contributed by atoms with Crippen molar-refractivity contribution in [3.8, 4) is 56.0 Å². The third kappa shape index (κ3) is 4.84. The van der Waals surface area contributed by atoms with Crippen molar-refractivity contribution < 1.29 is 4.74 Å². The van der Waals surface area contributed by atoms with E-state index >= 15 is 0 Å². The average molecular weight is 808 g/mol. The van der Waals surface area contributed by atoms with Crippen LogP contribution in [0.1, 0.15) is 72.2 Å². The van der Waals surface area contributed by atoms with Crippen molar-refractivity contribution in [2.45, 2.75) is 43.9 Å². The zero-order valence-corrected chi connectivity index (χ0v) is 35.9. The summed E-state index contributed by atoms with van der Waals surface area (Å²) in [5.41, 5.74) is 23.1. The lowest BCUT2D eigenvalue weighted by molar-refractivity contribution is 0.436. The molecule has 0 saturated heterocycles. The highest BCUT2D eigenvalue weighted by molar-refractivity contribution is 5.94. The van der Waals surface area contributed by atoms with Gasteiger partial charge in [-0.3, -0.25) is 0 Å². The molecule has 2 nitrogen and oxygen atoms in total. The van der Waals surface area contributed by atoms with Gasteiger partial charge in [0.25, 0.3) is 0 Å². The Balaban J connectivity index is 1.09. The smallest absolute Gasteiger partial charge is 0.132 e. The molecule has 0 N–H and O–H groups in total.